The van der Waals surface area contributed by atoms with Crippen LogP contribution in [0.25, 0.3) is 0 Å². The fraction of sp³-hybridized carbons (Fsp3) is 0.269. The van der Waals surface area contributed by atoms with Gasteiger partial charge in [-0.2, -0.15) is 0 Å². The first-order chi connectivity index (χ1) is 16.9. The second kappa shape index (κ2) is 11.4. The topological polar surface area (TPSA) is 104 Å². The predicted octanol–water partition coefficient (Wildman–Crippen LogP) is 3.07. The standard InChI is InChI=1S/C26H27FN4O4/c27-20-7-9-21(10-8-20)29-24(32)14-28-25(33)17-31(16-23-2-1-13-35-23)15-18-3-5-19(6-4-18)26(34)30-22-11-12-22/h1-10,13,22H,11-12,14-17H2,(H,28,33)(H,29,32)(H,30,34). The Morgan fingerprint density at radius 1 is 0.943 bits per heavy atom. The molecule has 1 aliphatic rings. The highest BCUT2D eigenvalue weighted by atomic mass is 19.1. The molecule has 0 atom stereocenters. The Morgan fingerprint density at radius 2 is 1.69 bits per heavy atom. The van der Waals surface area contributed by atoms with Gasteiger partial charge in [-0.1, -0.05) is 12.1 Å². The zero-order chi connectivity index (χ0) is 24.6. The molecule has 4 rings (SSSR count). The van der Waals surface area contributed by atoms with Crippen LogP contribution in [0, 0.1) is 5.82 Å². The molecule has 0 saturated heterocycles. The van der Waals surface area contributed by atoms with Gasteiger partial charge in [0.15, 0.2) is 0 Å². The molecule has 0 radical (unpaired) electrons. The van der Waals surface area contributed by atoms with Gasteiger partial charge in [0, 0.05) is 23.8 Å². The van der Waals surface area contributed by atoms with Crippen molar-refractivity contribution in [3.8, 4) is 0 Å². The summed E-state index contributed by atoms with van der Waals surface area (Å²) in [6.07, 6.45) is 3.63. The molecular formula is C26H27FN4O4. The summed E-state index contributed by atoms with van der Waals surface area (Å²) in [5.74, 6) is -0.518. The molecule has 0 unspecified atom stereocenters. The van der Waals surface area contributed by atoms with Crippen LogP contribution in [-0.2, 0) is 22.7 Å². The van der Waals surface area contributed by atoms with E-state index in [4.69, 9.17) is 4.42 Å². The Hall–Kier alpha value is -3.98. The number of carbonyl (C=O) groups excluding carboxylic acids is 3. The molecule has 2 aromatic carbocycles. The summed E-state index contributed by atoms with van der Waals surface area (Å²) in [5.41, 5.74) is 1.98. The van der Waals surface area contributed by atoms with Crippen LogP contribution in [0.1, 0.15) is 34.5 Å². The Balaban J connectivity index is 1.31. The highest BCUT2D eigenvalue weighted by molar-refractivity contribution is 5.95. The number of carbonyl (C=O) groups is 3. The summed E-state index contributed by atoms with van der Waals surface area (Å²) < 4.78 is 18.4. The molecule has 3 aromatic rings. The molecule has 1 saturated carbocycles. The number of rotatable bonds is 11. The summed E-state index contributed by atoms with van der Waals surface area (Å²) in [6.45, 7) is 0.663. The fourth-order valence-electron chi connectivity index (χ4n) is 3.48. The first-order valence-corrected chi connectivity index (χ1v) is 11.4. The monoisotopic (exact) mass is 478 g/mol. The van der Waals surface area contributed by atoms with E-state index in [0.717, 1.165) is 18.4 Å². The van der Waals surface area contributed by atoms with Gasteiger partial charge in [0.1, 0.15) is 11.6 Å². The third-order valence-corrected chi connectivity index (χ3v) is 5.44. The molecule has 0 spiro atoms. The van der Waals surface area contributed by atoms with Crippen molar-refractivity contribution in [1.82, 2.24) is 15.5 Å². The molecule has 1 fully saturated rings. The van der Waals surface area contributed by atoms with Crippen molar-refractivity contribution in [2.45, 2.75) is 32.0 Å². The van der Waals surface area contributed by atoms with E-state index in [2.05, 4.69) is 16.0 Å². The van der Waals surface area contributed by atoms with Crippen molar-refractivity contribution in [1.29, 1.82) is 0 Å². The van der Waals surface area contributed by atoms with Gasteiger partial charge in [0.2, 0.25) is 11.8 Å². The summed E-state index contributed by atoms with van der Waals surface area (Å²) in [7, 11) is 0. The molecule has 1 heterocycles. The van der Waals surface area contributed by atoms with Crippen molar-refractivity contribution < 1.29 is 23.2 Å². The lowest BCUT2D eigenvalue weighted by Gasteiger charge is -2.21. The first-order valence-electron chi connectivity index (χ1n) is 11.4. The molecule has 9 heteroatoms. The summed E-state index contributed by atoms with van der Waals surface area (Å²) >= 11 is 0. The molecule has 1 aliphatic carbocycles. The zero-order valence-corrected chi connectivity index (χ0v) is 19.1. The van der Waals surface area contributed by atoms with Crippen molar-refractivity contribution in [3.63, 3.8) is 0 Å². The number of hydrogen-bond acceptors (Lipinski definition) is 5. The largest absolute Gasteiger partial charge is 0.468 e. The van der Waals surface area contributed by atoms with E-state index in [9.17, 15) is 18.8 Å². The SMILES string of the molecule is O=C(CN(Cc1ccc(C(=O)NC2CC2)cc1)Cc1ccco1)NCC(=O)Nc1ccc(F)cc1. The van der Waals surface area contributed by atoms with Gasteiger partial charge in [-0.15, -0.1) is 0 Å². The lowest BCUT2D eigenvalue weighted by molar-refractivity contribution is -0.125. The lowest BCUT2D eigenvalue weighted by Crippen LogP contribution is -2.40. The molecule has 3 N–H and O–H groups in total. The smallest absolute Gasteiger partial charge is 0.251 e. The minimum Gasteiger partial charge on any atom is -0.468 e. The summed E-state index contributed by atoms with van der Waals surface area (Å²) in [4.78, 5) is 38.8. The van der Waals surface area contributed by atoms with Crippen LogP contribution >= 0.6 is 0 Å². The number of furan rings is 1. The second-order valence-corrected chi connectivity index (χ2v) is 8.50. The van der Waals surface area contributed by atoms with Gasteiger partial charge in [-0.05, 0) is 66.9 Å². The van der Waals surface area contributed by atoms with Gasteiger partial charge in [0.05, 0.1) is 25.9 Å². The van der Waals surface area contributed by atoms with Crippen LogP contribution in [0.15, 0.2) is 71.3 Å². The van der Waals surface area contributed by atoms with Crippen LogP contribution in [0.2, 0.25) is 0 Å². The Bertz CT molecular complexity index is 1140. The molecular weight excluding hydrogens is 451 g/mol. The number of anilines is 1. The number of nitrogens with one attached hydrogen (secondary N) is 3. The van der Waals surface area contributed by atoms with E-state index < -0.39 is 11.7 Å². The Labute approximate surface area is 202 Å². The maximum Gasteiger partial charge on any atom is 0.251 e. The number of benzene rings is 2. The average Bonchev–Trinajstić information content (AvgIpc) is 3.51. The third-order valence-electron chi connectivity index (χ3n) is 5.44. The Kier molecular flexibility index (Phi) is 7.89. The van der Waals surface area contributed by atoms with Gasteiger partial charge in [-0.25, -0.2) is 4.39 Å². The van der Waals surface area contributed by atoms with Crippen LogP contribution in [0.5, 0.6) is 0 Å². The second-order valence-electron chi connectivity index (χ2n) is 8.50. The van der Waals surface area contributed by atoms with E-state index in [-0.39, 0.29) is 24.9 Å². The Morgan fingerprint density at radius 3 is 2.34 bits per heavy atom. The minimum atomic E-state index is -0.414. The van der Waals surface area contributed by atoms with Crippen molar-refractivity contribution in [2.75, 3.05) is 18.4 Å². The van der Waals surface area contributed by atoms with E-state index >= 15 is 0 Å². The number of nitrogens with zero attached hydrogens (tertiary/aromatic N) is 1. The maximum absolute atomic E-state index is 13.0. The van der Waals surface area contributed by atoms with Crippen LogP contribution in [-0.4, -0.2) is 41.8 Å². The lowest BCUT2D eigenvalue weighted by atomic mass is 10.1. The summed E-state index contributed by atoms with van der Waals surface area (Å²) in [5, 5.41) is 8.17. The first kappa shape index (κ1) is 24.2. The number of halogens is 1. The molecule has 0 aliphatic heterocycles. The maximum atomic E-state index is 13.0. The molecule has 1 aromatic heterocycles. The average molecular weight is 479 g/mol. The minimum absolute atomic E-state index is 0.0362. The number of hydrogen-bond donors (Lipinski definition) is 3. The molecule has 35 heavy (non-hydrogen) atoms. The van der Waals surface area contributed by atoms with Gasteiger partial charge < -0.3 is 20.4 Å². The highest BCUT2D eigenvalue weighted by Gasteiger charge is 2.23. The van der Waals surface area contributed by atoms with Gasteiger partial charge in [-0.3, -0.25) is 19.3 Å². The van der Waals surface area contributed by atoms with Crippen molar-refractivity contribution >= 4 is 23.4 Å². The van der Waals surface area contributed by atoms with Crippen molar-refractivity contribution in [2.24, 2.45) is 0 Å². The van der Waals surface area contributed by atoms with Crippen LogP contribution in [0.4, 0.5) is 10.1 Å². The van der Waals surface area contributed by atoms with Crippen LogP contribution in [0.3, 0.4) is 0 Å². The van der Waals surface area contributed by atoms with Gasteiger partial charge in [0.25, 0.3) is 5.91 Å². The third kappa shape index (κ3) is 7.79. The zero-order valence-electron chi connectivity index (χ0n) is 19.1. The van der Waals surface area contributed by atoms with Crippen molar-refractivity contribution in [3.05, 3.63) is 89.6 Å². The molecule has 3 amide bonds. The van der Waals surface area contributed by atoms with E-state index in [0.29, 0.717) is 36.1 Å². The molecule has 8 nitrogen and oxygen atoms in total. The highest BCUT2D eigenvalue weighted by Crippen LogP contribution is 2.19. The quantitative estimate of drug-likeness (QED) is 0.393. The van der Waals surface area contributed by atoms with E-state index in [1.807, 2.05) is 23.1 Å². The molecule has 0 bridgehead atoms. The fourth-order valence-corrected chi connectivity index (χ4v) is 3.48. The molecule has 182 valence electrons. The summed E-state index contributed by atoms with van der Waals surface area (Å²) in [6, 6.07) is 16.6. The number of amides is 3. The predicted molar refractivity (Wildman–Crippen MR) is 128 cm³/mol. The van der Waals surface area contributed by atoms with Gasteiger partial charge >= 0.3 is 0 Å². The van der Waals surface area contributed by atoms with E-state index in [1.165, 1.54) is 24.3 Å². The normalized spacial score (nSPS) is 12.9. The van der Waals surface area contributed by atoms with Crippen LogP contribution < -0.4 is 16.0 Å². The van der Waals surface area contributed by atoms with E-state index in [1.54, 1.807) is 24.5 Å².